The van der Waals surface area contributed by atoms with Gasteiger partial charge in [-0.05, 0) is 43.2 Å². The van der Waals surface area contributed by atoms with Crippen molar-refractivity contribution >= 4 is 34.5 Å². The average molecular weight is 327 g/mol. The van der Waals surface area contributed by atoms with Gasteiger partial charge in [0.05, 0.1) is 11.7 Å². The lowest BCUT2D eigenvalue weighted by Crippen LogP contribution is -2.19. The second-order valence-electron chi connectivity index (χ2n) is 5.42. The monoisotopic (exact) mass is 326 g/mol. The van der Waals surface area contributed by atoms with Crippen molar-refractivity contribution in [1.82, 2.24) is 9.66 Å². The maximum Gasteiger partial charge on any atom is 0.273 e. The fourth-order valence-electron chi connectivity index (χ4n) is 2.32. The van der Waals surface area contributed by atoms with E-state index in [2.05, 4.69) is 10.1 Å². The molecule has 5 nitrogen and oxygen atoms in total. The second kappa shape index (κ2) is 5.85. The Balaban J connectivity index is 2.06. The molecule has 1 aromatic carbocycles. The third-order valence-corrected chi connectivity index (χ3v) is 3.75. The van der Waals surface area contributed by atoms with E-state index in [0.717, 1.165) is 26.7 Å². The SMILES string of the molecule is Cc1cc(N)n(/N=C\c2cc3ccc(C)cc3nc2Cl)c(=O)c1. The molecule has 0 spiro atoms. The second-order valence-corrected chi connectivity index (χ2v) is 5.77. The number of benzene rings is 1. The summed E-state index contributed by atoms with van der Waals surface area (Å²) in [5.74, 6) is 0.270. The lowest BCUT2D eigenvalue weighted by molar-refractivity contribution is 0.843. The van der Waals surface area contributed by atoms with Crippen LogP contribution in [0, 0.1) is 13.8 Å². The molecule has 6 heteroatoms. The molecule has 0 saturated heterocycles. The van der Waals surface area contributed by atoms with Crippen LogP contribution in [0.25, 0.3) is 10.9 Å². The fraction of sp³-hybridized carbons (Fsp3) is 0.118. The van der Waals surface area contributed by atoms with Gasteiger partial charge in [0.25, 0.3) is 5.56 Å². The van der Waals surface area contributed by atoms with Gasteiger partial charge in [0, 0.05) is 17.0 Å². The molecule has 3 aromatic rings. The Morgan fingerprint density at radius 1 is 1.17 bits per heavy atom. The van der Waals surface area contributed by atoms with Crippen molar-refractivity contribution in [3.05, 3.63) is 68.6 Å². The van der Waals surface area contributed by atoms with Gasteiger partial charge in [0.2, 0.25) is 0 Å². The van der Waals surface area contributed by atoms with Crippen LogP contribution >= 0.6 is 11.6 Å². The number of aromatic nitrogens is 2. The summed E-state index contributed by atoms with van der Waals surface area (Å²) in [6.07, 6.45) is 1.49. The topological polar surface area (TPSA) is 73.3 Å². The maximum atomic E-state index is 11.9. The van der Waals surface area contributed by atoms with E-state index in [1.807, 2.05) is 31.2 Å². The number of nitrogen functional groups attached to an aromatic ring is 1. The number of hydrogen-bond donors (Lipinski definition) is 1. The predicted octanol–water partition coefficient (Wildman–Crippen LogP) is 3.13. The molecule has 2 aromatic heterocycles. The van der Waals surface area contributed by atoms with Crippen molar-refractivity contribution < 1.29 is 0 Å². The quantitative estimate of drug-likeness (QED) is 0.581. The Kier molecular flexibility index (Phi) is 3.88. The first-order valence-corrected chi connectivity index (χ1v) is 7.42. The highest BCUT2D eigenvalue weighted by Crippen LogP contribution is 2.20. The Bertz CT molecular complexity index is 992. The van der Waals surface area contributed by atoms with E-state index in [0.29, 0.717) is 10.7 Å². The summed E-state index contributed by atoms with van der Waals surface area (Å²) in [6.45, 7) is 3.80. The molecule has 0 fully saturated rings. The Morgan fingerprint density at radius 2 is 1.96 bits per heavy atom. The van der Waals surface area contributed by atoms with Gasteiger partial charge in [0.15, 0.2) is 0 Å². The Morgan fingerprint density at radius 3 is 2.70 bits per heavy atom. The molecule has 0 saturated carbocycles. The zero-order chi connectivity index (χ0) is 16.6. The molecular weight excluding hydrogens is 312 g/mol. The first-order valence-electron chi connectivity index (χ1n) is 7.04. The van der Waals surface area contributed by atoms with Crippen LogP contribution in [0.2, 0.25) is 5.15 Å². The summed E-state index contributed by atoms with van der Waals surface area (Å²) in [5.41, 5.74) is 8.88. The molecule has 0 aliphatic rings. The van der Waals surface area contributed by atoms with Crippen LogP contribution in [-0.4, -0.2) is 15.9 Å². The molecule has 2 heterocycles. The van der Waals surface area contributed by atoms with Crippen LogP contribution < -0.4 is 11.3 Å². The van der Waals surface area contributed by atoms with Gasteiger partial charge in [-0.25, -0.2) is 4.98 Å². The van der Waals surface area contributed by atoms with Crippen LogP contribution in [-0.2, 0) is 0 Å². The maximum absolute atomic E-state index is 11.9. The van der Waals surface area contributed by atoms with E-state index in [1.54, 1.807) is 13.0 Å². The van der Waals surface area contributed by atoms with Crippen LogP contribution in [0.15, 0.2) is 46.3 Å². The first-order chi connectivity index (χ1) is 10.9. The minimum atomic E-state index is -0.292. The van der Waals surface area contributed by atoms with E-state index in [4.69, 9.17) is 17.3 Å². The van der Waals surface area contributed by atoms with E-state index in [1.165, 1.54) is 12.3 Å². The Labute approximate surface area is 138 Å². The van der Waals surface area contributed by atoms with Crippen molar-refractivity contribution in [2.24, 2.45) is 5.10 Å². The fourth-order valence-corrected chi connectivity index (χ4v) is 2.52. The molecule has 0 amide bonds. The molecule has 0 aliphatic heterocycles. The number of anilines is 1. The molecule has 0 atom stereocenters. The summed E-state index contributed by atoms with van der Waals surface area (Å²) in [6, 6.07) is 11.0. The van der Waals surface area contributed by atoms with Crippen LogP contribution in [0.4, 0.5) is 5.82 Å². The number of fused-ring (bicyclic) bond motifs is 1. The molecular formula is C17H15ClN4O. The molecule has 0 aliphatic carbocycles. The summed E-state index contributed by atoms with van der Waals surface area (Å²) in [5, 5.41) is 5.41. The van der Waals surface area contributed by atoms with Crippen molar-refractivity contribution in [3.8, 4) is 0 Å². The van der Waals surface area contributed by atoms with Gasteiger partial charge < -0.3 is 5.73 Å². The number of nitrogens with zero attached hydrogens (tertiary/aromatic N) is 3. The molecule has 0 bridgehead atoms. The first kappa shape index (κ1) is 15.2. The normalized spacial score (nSPS) is 11.4. The molecule has 3 rings (SSSR count). The number of halogens is 1. The van der Waals surface area contributed by atoms with Gasteiger partial charge in [0.1, 0.15) is 11.0 Å². The largest absolute Gasteiger partial charge is 0.384 e. The van der Waals surface area contributed by atoms with Crippen molar-refractivity contribution in [2.75, 3.05) is 5.73 Å². The smallest absolute Gasteiger partial charge is 0.273 e. The summed E-state index contributed by atoms with van der Waals surface area (Å²) in [7, 11) is 0. The highest BCUT2D eigenvalue weighted by molar-refractivity contribution is 6.32. The number of hydrogen-bond acceptors (Lipinski definition) is 4. The van der Waals surface area contributed by atoms with Crippen LogP contribution in [0.5, 0.6) is 0 Å². The lowest BCUT2D eigenvalue weighted by atomic mass is 10.1. The molecule has 0 radical (unpaired) electrons. The molecule has 23 heavy (non-hydrogen) atoms. The standard InChI is InChI=1S/C17H15ClN4O/c1-10-3-4-12-8-13(17(18)21-14(12)5-10)9-20-22-15(19)6-11(2)7-16(22)23/h3-9H,19H2,1-2H3/b20-9-. The van der Waals surface area contributed by atoms with E-state index >= 15 is 0 Å². The number of rotatable bonds is 2. The summed E-state index contributed by atoms with van der Waals surface area (Å²) >= 11 is 6.21. The number of aryl methyl sites for hydroxylation is 2. The third-order valence-electron chi connectivity index (χ3n) is 3.45. The van der Waals surface area contributed by atoms with Crippen molar-refractivity contribution in [1.29, 1.82) is 0 Å². The average Bonchev–Trinajstić information content (AvgIpc) is 2.46. The highest BCUT2D eigenvalue weighted by Gasteiger charge is 2.05. The van der Waals surface area contributed by atoms with Crippen LogP contribution in [0.3, 0.4) is 0 Å². The van der Waals surface area contributed by atoms with Gasteiger partial charge in [-0.3, -0.25) is 4.79 Å². The van der Waals surface area contributed by atoms with Gasteiger partial charge in [-0.15, -0.1) is 0 Å². The Hall–Kier alpha value is -2.66. The van der Waals surface area contributed by atoms with E-state index in [-0.39, 0.29) is 11.4 Å². The van der Waals surface area contributed by atoms with Crippen molar-refractivity contribution in [3.63, 3.8) is 0 Å². The zero-order valence-electron chi connectivity index (χ0n) is 12.7. The number of nitrogens with two attached hydrogens (primary N) is 1. The van der Waals surface area contributed by atoms with Crippen LogP contribution in [0.1, 0.15) is 16.7 Å². The number of pyridine rings is 2. The van der Waals surface area contributed by atoms with E-state index in [9.17, 15) is 4.79 Å². The predicted molar refractivity (Wildman–Crippen MR) is 94.3 cm³/mol. The highest BCUT2D eigenvalue weighted by atomic mass is 35.5. The van der Waals surface area contributed by atoms with Crippen molar-refractivity contribution in [2.45, 2.75) is 13.8 Å². The van der Waals surface area contributed by atoms with Gasteiger partial charge in [-0.1, -0.05) is 23.7 Å². The summed E-state index contributed by atoms with van der Waals surface area (Å²) in [4.78, 5) is 16.3. The third kappa shape index (κ3) is 3.10. The lowest BCUT2D eigenvalue weighted by Gasteiger charge is -2.05. The zero-order valence-corrected chi connectivity index (χ0v) is 13.5. The van der Waals surface area contributed by atoms with Gasteiger partial charge >= 0.3 is 0 Å². The van der Waals surface area contributed by atoms with Gasteiger partial charge in [-0.2, -0.15) is 9.78 Å². The molecule has 116 valence electrons. The molecule has 0 unspecified atom stereocenters. The minimum Gasteiger partial charge on any atom is -0.384 e. The minimum absolute atomic E-state index is 0.270. The molecule has 2 N–H and O–H groups in total. The van der Waals surface area contributed by atoms with E-state index < -0.39 is 0 Å². The summed E-state index contributed by atoms with van der Waals surface area (Å²) < 4.78 is 1.13.